The Morgan fingerprint density at radius 1 is 1.33 bits per heavy atom. The van der Waals surface area contributed by atoms with Crippen molar-refractivity contribution in [2.24, 2.45) is 0 Å². The predicted molar refractivity (Wildman–Crippen MR) is 67.6 cm³/mol. The van der Waals surface area contributed by atoms with Crippen molar-refractivity contribution in [3.63, 3.8) is 0 Å². The summed E-state index contributed by atoms with van der Waals surface area (Å²) in [6.45, 7) is 0.752. The lowest BCUT2D eigenvalue weighted by molar-refractivity contribution is 0.282. The highest BCUT2D eigenvalue weighted by molar-refractivity contribution is 5.24. The van der Waals surface area contributed by atoms with Crippen LogP contribution in [0, 0.1) is 5.82 Å². The minimum atomic E-state index is -0.0769. The Morgan fingerprint density at radius 3 is 2.89 bits per heavy atom. The summed E-state index contributed by atoms with van der Waals surface area (Å²) in [5.41, 5.74) is 0.855. The summed E-state index contributed by atoms with van der Waals surface area (Å²) >= 11 is 0. The molecule has 2 N–H and O–H groups in total. The molecule has 1 aliphatic rings. The molecule has 0 unspecified atom stereocenters. The number of hydrogen-bond acceptors (Lipinski definition) is 2. The van der Waals surface area contributed by atoms with E-state index in [1.807, 2.05) is 18.3 Å². The van der Waals surface area contributed by atoms with Gasteiger partial charge in [0.25, 0.3) is 0 Å². The third-order valence-electron chi connectivity index (χ3n) is 3.60. The van der Waals surface area contributed by atoms with Crippen molar-refractivity contribution >= 4 is 0 Å². The molecule has 0 radical (unpaired) electrons. The fraction of sp³-hybridized carbons (Fsp3) is 0.357. The fourth-order valence-electron chi connectivity index (χ4n) is 2.48. The maximum Gasteiger partial charge on any atom is 0.126 e. The molecule has 0 saturated heterocycles. The summed E-state index contributed by atoms with van der Waals surface area (Å²) in [7, 11) is 0. The Kier molecular flexibility index (Phi) is 3.11. The Balaban J connectivity index is 1.50. The topological polar surface area (TPSA) is 40.7 Å². The van der Waals surface area contributed by atoms with Crippen molar-refractivity contribution in [1.29, 1.82) is 0 Å². The standard InChI is InChI=1S/C14H16FN3/c15-13-4-2-1-3-12(13)10-7-11(8-10)18-9-14-16-5-6-17-14/h1-6,10-11,18H,7-9H2,(H,16,17). The number of imidazole rings is 1. The first kappa shape index (κ1) is 11.4. The van der Waals surface area contributed by atoms with Crippen LogP contribution in [-0.2, 0) is 6.54 Å². The van der Waals surface area contributed by atoms with Crippen LogP contribution in [0.25, 0.3) is 0 Å². The van der Waals surface area contributed by atoms with Gasteiger partial charge in [-0.3, -0.25) is 0 Å². The molecule has 3 rings (SSSR count). The van der Waals surface area contributed by atoms with Gasteiger partial charge in [0, 0.05) is 18.4 Å². The second-order valence-electron chi connectivity index (χ2n) is 4.80. The predicted octanol–water partition coefficient (Wildman–Crippen LogP) is 2.58. The summed E-state index contributed by atoms with van der Waals surface area (Å²) in [6.07, 6.45) is 5.57. The molecule has 0 atom stereocenters. The molecule has 4 heteroatoms. The van der Waals surface area contributed by atoms with E-state index < -0.39 is 0 Å². The highest BCUT2D eigenvalue weighted by Gasteiger charge is 2.31. The molecule has 1 fully saturated rings. The summed E-state index contributed by atoms with van der Waals surface area (Å²) in [5, 5.41) is 3.42. The van der Waals surface area contributed by atoms with Gasteiger partial charge < -0.3 is 10.3 Å². The number of H-pyrrole nitrogens is 1. The largest absolute Gasteiger partial charge is 0.348 e. The molecule has 0 amide bonds. The van der Waals surface area contributed by atoms with Crippen LogP contribution in [0.5, 0.6) is 0 Å². The highest BCUT2D eigenvalue weighted by Crippen LogP contribution is 2.37. The molecular formula is C14H16FN3. The van der Waals surface area contributed by atoms with Gasteiger partial charge in [0.05, 0.1) is 6.54 Å². The molecule has 0 bridgehead atoms. The molecule has 1 saturated carbocycles. The molecule has 2 aromatic rings. The lowest BCUT2D eigenvalue weighted by Gasteiger charge is -2.36. The van der Waals surface area contributed by atoms with Gasteiger partial charge >= 0.3 is 0 Å². The zero-order chi connectivity index (χ0) is 12.4. The number of halogens is 1. The molecule has 18 heavy (non-hydrogen) atoms. The third-order valence-corrected chi connectivity index (χ3v) is 3.60. The number of aromatic nitrogens is 2. The van der Waals surface area contributed by atoms with E-state index in [0.29, 0.717) is 12.0 Å². The minimum Gasteiger partial charge on any atom is -0.348 e. The van der Waals surface area contributed by atoms with E-state index in [2.05, 4.69) is 15.3 Å². The van der Waals surface area contributed by atoms with Crippen molar-refractivity contribution in [3.05, 3.63) is 53.9 Å². The third kappa shape index (κ3) is 2.29. The molecule has 1 aromatic heterocycles. The van der Waals surface area contributed by atoms with Crippen LogP contribution >= 0.6 is 0 Å². The van der Waals surface area contributed by atoms with E-state index in [1.54, 1.807) is 18.3 Å². The van der Waals surface area contributed by atoms with E-state index >= 15 is 0 Å². The van der Waals surface area contributed by atoms with Crippen molar-refractivity contribution in [3.8, 4) is 0 Å². The number of benzene rings is 1. The molecule has 1 heterocycles. The summed E-state index contributed by atoms with van der Waals surface area (Å²) < 4.78 is 13.6. The summed E-state index contributed by atoms with van der Waals surface area (Å²) in [5.74, 6) is 1.23. The quantitative estimate of drug-likeness (QED) is 0.869. The average Bonchev–Trinajstić information content (AvgIpc) is 2.82. The minimum absolute atomic E-state index is 0.0769. The first-order valence-electron chi connectivity index (χ1n) is 6.29. The van der Waals surface area contributed by atoms with Gasteiger partial charge in [0.2, 0.25) is 0 Å². The van der Waals surface area contributed by atoms with Crippen molar-refractivity contribution in [2.75, 3.05) is 0 Å². The number of hydrogen-bond donors (Lipinski definition) is 2. The molecule has 0 spiro atoms. The lowest BCUT2D eigenvalue weighted by Crippen LogP contribution is -2.40. The van der Waals surface area contributed by atoms with E-state index in [-0.39, 0.29) is 5.82 Å². The first-order chi connectivity index (χ1) is 8.83. The van der Waals surface area contributed by atoms with Gasteiger partial charge in [-0.05, 0) is 30.4 Å². The van der Waals surface area contributed by atoms with Gasteiger partial charge in [0.15, 0.2) is 0 Å². The Labute approximate surface area is 105 Å². The van der Waals surface area contributed by atoms with Crippen molar-refractivity contribution < 1.29 is 4.39 Å². The van der Waals surface area contributed by atoms with Crippen LogP contribution in [0.2, 0.25) is 0 Å². The smallest absolute Gasteiger partial charge is 0.126 e. The normalized spacial score (nSPS) is 22.7. The second kappa shape index (κ2) is 4.90. The van der Waals surface area contributed by atoms with E-state index in [4.69, 9.17) is 0 Å². The van der Waals surface area contributed by atoms with Crippen LogP contribution in [0.3, 0.4) is 0 Å². The van der Waals surface area contributed by atoms with E-state index in [0.717, 1.165) is 30.8 Å². The Bertz CT molecular complexity index is 504. The summed E-state index contributed by atoms with van der Waals surface area (Å²) in [6, 6.07) is 7.55. The van der Waals surface area contributed by atoms with Crippen LogP contribution in [-0.4, -0.2) is 16.0 Å². The van der Waals surface area contributed by atoms with E-state index in [9.17, 15) is 4.39 Å². The van der Waals surface area contributed by atoms with Crippen LogP contribution < -0.4 is 5.32 Å². The molecule has 1 aliphatic carbocycles. The van der Waals surface area contributed by atoms with Gasteiger partial charge in [-0.2, -0.15) is 0 Å². The maximum atomic E-state index is 13.6. The lowest BCUT2D eigenvalue weighted by atomic mass is 9.75. The zero-order valence-corrected chi connectivity index (χ0v) is 10.1. The highest BCUT2D eigenvalue weighted by atomic mass is 19.1. The Hall–Kier alpha value is -1.68. The van der Waals surface area contributed by atoms with Gasteiger partial charge in [-0.25, -0.2) is 9.37 Å². The van der Waals surface area contributed by atoms with Crippen molar-refractivity contribution in [2.45, 2.75) is 31.3 Å². The van der Waals surface area contributed by atoms with E-state index in [1.165, 1.54) is 0 Å². The van der Waals surface area contributed by atoms with Gasteiger partial charge in [0.1, 0.15) is 11.6 Å². The molecule has 1 aromatic carbocycles. The van der Waals surface area contributed by atoms with Crippen molar-refractivity contribution in [1.82, 2.24) is 15.3 Å². The van der Waals surface area contributed by atoms with Crippen LogP contribution in [0.15, 0.2) is 36.7 Å². The molecule has 94 valence electrons. The van der Waals surface area contributed by atoms with Crippen LogP contribution in [0.1, 0.15) is 30.1 Å². The summed E-state index contributed by atoms with van der Waals surface area (Å²) in [4.78, 5) is 7.22. The molecule has 3 nitrogen and oxygen atoms in total. The molecular weight excluding hydrogens is 229 g/mol. The average molecular weight is 245 g/mol. The molecule has 0 aliphatic heterocycles. The number of nitrogens with zero attached hydrogens (tertiary/aromatic N) is 1. The number of aromatic amines is 1. The number of nitrogens with one attached hydrogen (secondary N) is 2. The van der Waals surface area contributed by atoms with Gasteiger partial charge in [-0.1, -0.05) is 18.2 Å². The number of rotatable bonds is 4. The first-order valence-corrected chi connectivity index (χ1v) is 6.29. The monoisotopic (exact) mass is 245 g/mol. The second-order valence-corrected chi connectivity index (χ2v) is 4.80. The van der Waals surface area contributed by atoms with Gasteiger partial charge in [-0.15, -0.1) is 0 Å². The van der Waals surface area contributed by atoms with Crippen LogP contribution in [0.4, 0.5) is 4.39 Å². The zero-order valence-electron chi connectivity index (χ0n) is 10.1. The Morgan fingerprint density at radius 2 is 2.17 bits per heavy atom. The SMILES string of the molecule is Fc1ccccc1C1CC(NCc2ncc[nH]2)C1. The maximum absolute atomic E-state index is 13.6. The fourth-order valence-corrected chi connectivity index (χ4v) is 2.48.